The largest absolute Gasteiger partial charge is 0.492 e. The monoisotopic (exact) mass is 276 g/mol. The van der Waals surface area contributed by atoms with Crippen molar-refractivity contribution in [3.8, 4) is 5.75 Å². The highest BCUT2D eigenvalue weighted by atomic mass is 35.5. The molecule has 1 aliphatic heterocycles. The number of ketones is 1. The van der Waals surface area contributed by atoms with Crippen molar-refractivity contribution in [1.29, 1.82) is 0 Å². The van der Waals surface area contributed by atoms with E-state index in [2.05, 4.69) is 0 Å². The van der Waals surface area contributed by atoms with Gasteiger partial charge in [-0.25, -0.2) is 0 Å². The molecule has 0 bridgehead atoms. The Balaban J connectivity index is 2.12. The first-order valence-electron chi connectivity index (χ1n) is 6.13. The Morgan fingerprint density at radius 1 is 1.21 bits per heavy atom. The molecular formula is C15H13ClO3. The molecule has 0 fully saturated rings. The number of furan rings is 1. The molecule has 0 saturated heterocycles. The average molecular weight is 277 g/mol. The van der Waals surface area contributed by atoms with Crippen LogP contribution in [0.5, 0.6) is 5.75 Å². The van der Waals surface area contributed by atoms with Gasteiger partial charge in [0.25, 0.3) is 0 Å². The van der Waals surface area contributed by atoms with Gasteiger partial charge in [0, 0.05) is 11.4 Å². The lowest BCUT2D eigenvalue weighted by atomic mass is 10.00. The summed E-state index contributed by atoms with van der Waals surface area (Å²) in [7, 11) is 0. The van der Waals surface area contributed by atoms with Crippen LogP contribution < -0.4 is 4.74 Å². The fourth-order valence-electron chi connectivity index (χ4n) is 2.44. The van der Waals surface area contributed by atoms with Gasteiger partial charge in [-0.1, -0.05) is 11.6 Å². The molecule has 0 saturated carbocycles. The van der Waals surface area contributed by atoms with Gasteiger partial charge in [-0.15, -0.1) is 0 Å². The van der Waals surface area contributed by atoms with E-state index in [4.69, 9.17) is 20.8 Å². The maximum Gasteiger partial charge on any atom is 0.200 e. The summed E-state index contributed by atoms with van der Waals surface area (Å²) in [5, 5.41) is 0.561. The lowest BCUT2D eigenvalue weighted by Gasteiger charge is -2.07. The first-order chi connectivity index (χ1) is 9.06. The van der Waals surface area contributed by atoms with Gasteiger partial charge >= 0.3 is 0 Å². The standard InChI is InChI=1S/C15H13ClO3/c1-8-5-12(9(2)19-8)14(17)13-7-11(16)6-10-3-4-18-15(10)13/h5-7H,3-4H2,1-2H3. The lowest BCUT2D eigenvalue weighted by molar-refractivity contribution is 0.103. The van der Waals surface area contributed by atoms with Crippen LogP contribution in [0.4, 0.5) is 0 Å². The van der Waals surface area contributed by atoms with Crippen molar-refractivity contribution in [2.75, 3.05) is 6.61 Å². The van der Waals surface area contributed by atoms with Crippen LogP contribution in [0.1, 0.15) is 33.0 Å². The Morgan fingerprint density at radius 3 is 2.68 bits per heavy atom. The predicted molar refractivity (Wildman–Crippen MR) is 72.3 cm³/mol. The van der Waals surface area contributed by atoms with E-state index < -0.39 is 0 Å². The van der Waals surface area contributed by atoms with Crippen LogP contribution in [-0.2, 0) is 6.42 Å². The lowest BCUT2D eigenvalue weighted by Crippen LogP contribution is -2.04. The van der Waals surface area contributed by atoms with Gasteiger partial charge in [0.1, 0.15) is 17.3 Å². The minimum Gasteiger partial charge on any atom is -0.492 e. The normalized spacial score (nSPS) is 13.2. The van der Waals surface area contributed by atoms with Crippen LogP contribution in [-0.4, -0.2) is 12.4 Å². The van der Waals surface area contributed by atoms with Gasteiger partial charge < -0.3 is 9.15 Å². The summed E-state index contributed by atoms with van der Waals surface area (Å²) in [6, 6.07) is 5.27. The van der Waals surface area contributed by atoms with Crippen molar-refractivity contribution in [1.82, 2.24) is 0 Å². The molecule has 0 unspecified atom stereocenters. The van der Waals surface area contributed by atoms with Gasteiger partial charge in [0.05, 0.1) is 17.7 Å². The minimum absolute atomic E-state index is 0.102. The second-order valence-electron chi connectivity index (χ2n) is 4.70. The number of carbonyl (C=O) groups is 1. The third-order valence-electron chi connectivity index (χ3n) is 3.28. The van der Waals surface area contributed by atoms with Crippen LogP contribution in [0.3, 0.4) is 0 Å². The molecule has 0 radical (unpaired) electrons. The fourth-order valence-corrected chi connectivity index (χ4v) is 2.68. The Hall–Kier alpha value is -1.74. The summed E-state index contributed by atoms with van der Waals surface area (Å²) in [5.41, 5.74) is 2.08. The maximum atomic E-state index is 12.6. The Bertz CT molecular complexity index is 670. The number of hydrogen-bond donors (Lipinski definition) is 0. The zero-order valence-electron chi connectivity index (χ0n) is 10.7. The van der Waals surface area contributed by atoms with Crippen molar-refractivity contribution < 1.29 is 13.9 Å². The van der Waals surface area contributed by atoms with Crippen molar-refractivity contribution in [3.05, 3.63) is 51.4 Å². The van der Waals surface area contributed by atoms with E-state index in [1.165, 1.54) is 0 Å². The molecule has 0 aliphatic carbocycles. The second-order valence-corrected chi connectivity index (χ2v) is 5.13. The average Bonchev–Trinajstić information content (AvgIpc) is 2.93. The summed E-state index contributed by atoms with van der Waals surface area (Å²) in [5.74, 6) is 1.90. The zero-order chi connectivity index (χ0) is 13.6. The molecule has 19 heavy (non-hydrogen) atoms. The molecular weight excluding hydrogens is 264 g/mol. The van der Waals surface area contributed by atoms with Crippen LogP contribution in [0.25, 0.3) is 0 Å². The molecule has 1 aliphatic rings. The molecule has 0 amide bonds. The number of fused-ring (bicyclic) bond motifs is 1. The van der Waals surface area contributed by atoms with Crippen molar-refractivity contribution in [2.45, 2.75) is 20.3 Å². The summed E-state index contributed by atoms with van der Waals surface area (Å²) in [6.07, 6.45) is 0.791. The highest BCUT2D eigenvalue weighted by Crippen LogP contribution is 2.34. The first-order valence-corrected chi connectivity index (χ1v) is 6.51. The third kappa shape index (κ3) is 2.04. The maximum absolute atomic E-state index is 12.6. The van der Waals surface area contributed by atoms with E-state index in [1.807, 2.05) is 13.0 Å². The molecule has 2 heterocycles. The molecule has 3 nitrogen and oxygen atoms in total. The van der Waals surface area contributed by atoms with E-state index in [0.29, 0.717) is 34.3 Å². The molecule has 1 aromatic heterocycles. The number of rotatable bonds is 2. The highest BCUT2D eigenvalue weighted by molar-refractivity contribution is 6.31. The molecule has 2 aromatic rings. The Labute approximate surface area is 116 Å². The topological polar surface area (TPSA) is 39.4 Å². The molecule has 3 rings (SSSR count). The third-order valence-corrected chi connectivity index (χ3v) is 3.50. The molecule has 0 atom stereocenters. The summed E-state index contributed by atoms with van der Waals surface area (Å²) >= 11 is 6.07. The van der Waals surface area contributed by atoms with Crippen LogP contribution >= 0.6 is 11.6 Å². The van der Waals surface area contributed by atoms with E-state index >= 15 is 0 Å². The summed E-state index contributed by atoms with van der Waals surface area (Å²) < 4.78 is 11.0. The quantitative estimate of drug-likeness (QED) is 0.785. The van der Waals surface area contributed by atoms with E-state index in [1.54, 1.807) is 19.1 Å². The molecule has 98 valence electrons. The minimum atomic E-state index is -0.102. The molecule has 0 spiro atoms. The number of halogens is 1. The smallest absolute Gasteiger partial charge is 0.200 e. The number of benzene rings is 1. The molecule has 1 aromatic carbocycles. The van der Waals surface area contributed by atoms with Gasteiger partial charge in [-0.2, -0.15) is 0 Å². The first kappa shape index (κ1) is 12.3. The van der Waals surface area contributed by atoms with Gasteiger partial charge in [0.2, 0.25) is 0 Å². The predicted octanol–water partition coefficient (Wildman–Crippen LogP) is 3.72. The zero-order valence-corrected chi connectivity index (χ0v) is 11.5. The molecule has 4 heteroatoms. The molecule has 0 N–H and O–H groups in total. The Kier molecular flexibility index (Phi) is 2.86. The second kappa shape index (κ2) is 4.42. The van der Waals surface area contributed by atoms with Gasteiger partial charge in [0.15, 0.2) is 5.78 Å². The fraction of sp³-hybridized carbons (Fsp3) is 0.267. The van der Waals surface area contributed by atoms with E-state index in [-0.39, 0.29) is 5.78 Å². The van der Waals surface area contributed by atoms with E-state index in [0.717, 1.165) is 17.7 Å². The van der Waals surface area contributed by atoms with Crippen LogP contribution in [0, 0.1) is 13.8 Å². The van der Waals surface area contributed by atoms with Crippen molar-refractivity contribution in [2.24, 2.45) is 0 Å². The van der Waals surface area contributed by atoms with Crippen molar-refractivity contribution in [3.63, 3.8) is 0 Å². The van der Waals surface area contributed by atoms with Gasteiger partial charge in [-0.05, 0) is 37.6 Å². The van der Waals surface area contributed by atoms with Gasteiger partial charge in [-0.3, -0.25) is 4.79 Å². The SMILES string of the molecule is Cc1cc(C(=O)c2cc(Cl)cc3c2OCC3)c(C)o1. The van der Waals surface area contributed by atoms with E-state index in [9.17, 15) is 4.79 Å². The van der Waals surface area contributed by atoms with Crippen molar-refractivity contribution >= 4 is 17.4 Å². The number of hydrogen-bond acceptors (Lipinski definition) is 3. The highest BCUT2D eigenvalue weighted by Gasteiger charge is 2.25. The van der Waals surface area contributed by atoms with Crippen LogP contribution in [0.15, 0.2) is 22.6 Å². The number of carbonyl (C=O) groups excluding carboxylic acids is 1. The summed E-state index contributed by atoms with van der Waals surface area (Å²) in [6.45, 7) is 4.20. The number of aryl methyl sites for hydroxylation is 2. The number of ether oxygens (including phenoxy) is 1. The Morgan fingerprint density at radius 2 is 2.00 bits per heavy atom. The van der Waals surface area contributed by atoms with Crippen LogP contribution in [0.2, 0.25) is 5.02 Å². The summed E-state index contributed by atoms with van der Waals surface area (Å²) in [4.78, 5) is 12.6.